The van der Waals surface area contributed by atoms with Crippen LogP contribution in [0.5, 0.6) is 5.75 Å². The van der Waals surface area contributed by atoms with Gasteiger partial charge in [0.1, 0.15) is 5.75 Å². The molecule has 0 radical (unpaired) electrons. The van der Waals surface area contributed by atoms with Crippen LogP contribution < -0.4 is 25.6 Å². The molecular formula is C30H33N7O2S. The number of hydrogen-bond donors (Lipinski definition) is 3. The lowest BCUT2D eigenvalue weighted by Crippen LogP contribution is -2.44. The van der Waals surface area contributed by atoms with Crippen LogP contribution in [0.2, 0.25) is 0 Å². The van der Waals surface area contributed by atoms with Crippen molar-refractivity contribution >= 4 is 57.3 Å². The molecule has 0 aliphatic carbocycles. The van der Waals surface area contributed by atoms with Gasteiger partial charge in [-0.15, -0.1) is 0 Å². The van der Waals surface area contributed by atoms with Gasteiger partial charge in [0.05, 0.1) is 35.9 Å². The van der Waals surface area contributed by atoms with Gasteiger partial charge in [0.2, 0.25) is 11.9 Å². The topological polar surface area (TPSA) is 86.2 Å². The second-order valence-electron chi connectivity index (χ2n) is 10.1. The van der Waals surface area contributed by atoms with Crippen LogP contribution in [0.1, 0.15) is 5.56 Å². The van der Waals surface area contributed by atoms with Crippen LogP contribution in [-0.4, -0.2) is 67.7 Å². The number of anilines is 3. The third kappa shape index (κ3) is 4.84. The van der Waals surface area contributed by atoms with E-state index in [-0.39, 0.29) is 11.9 Å². The maximum atomic E-state index is 12.4. The highest BCUT2D eigenvalue weighted by molar-refractivity contribution is 8.06. The quantitative estimate of drug-likeness (QED) is 0.388. The Morgan fingerprint density at radius 2 is 1.98 bits per heavy atom. The number of aryl methyl sites for hydroxylation is 1. The number of carbonyl (C=O) groups is 1. The molecule has 10 heteroatoms. The van der Waals surface area contributed by atoms with E-state index in [9.17, 15) is 4.79 Å². The predicted octanol–water partition coefficient (Wildman–Crippen LogP) is 4.43. The van der Waals surface area contributed by atoms with E-state index >= 15 is 0 Å². The first-order valence-electron chi connectivity index (χ1n) is 13.3. The number of ether oxygens (including phenoxy) is 1. The van der Waals surface area contributed by atoms with Gasteiger partial charge in [-0.25, -0.2) is 4.99 Å². The van der Waals surface area contributed by atoms with Gasteiger partial charge in [-0.2, -0.15) is 0 Å². The molecule has 3 aromatic rings. The predicted molar refractivity (Wildman–Crippen MR) is 166 cm³/mol. The molecule has 3 N–H and O–H groups in total. The number of aliphatic imine (C=N–C) groups is 1. The summed E-state index contributed by atoms with van der Waals surface area (Å²) in [4.78, 5) is 23.2. The number of benzene rings is 2. The molecule has 2 aromatic carbocycles. The molecule has 1 amide bonds. The molecule has 3 aliphatic heterocycles. The maximum absolute atomic E-state index is 12.4. The standard InChI is InChI=1S/C30H33N7O2S/c1-5-27(38)31-22-16-23(26(39-4)17-25(22)37-13-11-35(2)12-14-37)33-30-32-21-10-15-40-29(21)28(34-30)20-18-36(3)24-9-7-6-8-19(20)24/h5-10,15-18,21H,1,11-14H2,2-4H3,(H,31,38)(H2,32,33,34). The minimum Gasteiger partial charge on any atom is -0.494 e. The first-order chi connectivity index (χ1) is 19.4. The molecule has 1 atom stereocenters. The van der Waals surface area contributed by atoms with Crippen LogP contribution in [0.3, 0.4) is 0 Å². The van der Waals surface area contributed by atoms with Gasteiger partial charge in [-0.1, -0.05) is 42.6 Å². The first kappa shape index (κ1) is 26.1. The van der Waals surface area contributed by atoms with Crippen LogP contribution in [0, 0.1) is 0 Å². The summed E-state index contributed by atoms with van der Waals surface area (Å²) >= 11 is 1.69. The highest BCUT2D eigenvalue weighted by atomic mass is 32.2. The Hall–Kier alpha value is -4.15. The second kappa shape index (κ2) is 10.8. The number of carbonyl (C=O) groups excluding carboxylic acids is 1. The lowest BCUT2D eigenvalue weighted by Gasteiger charge is -2.35. The average molecular weight is 556 g/mol. The lowest BCUT2D eigenvalue weighted by molar-refractivity contribution is -0.111. The summed E-state index contributed by atoms with van der Waals surface area (Å²) in [5.41, 5.74) is 5.48. The maximum Gasteiger partial charge on any atom is 0.247 e. The number of nitrogens with one attached hydrogen (secondary N) is 3. The van der Waals surface area contributed by atoms with Crippen LogP contribution in [0.4, 0.5) is 17.1 Å². The Labute approximate surface area is 238 Å². The fourth-order valence-electron chi connectivity index (χ4n) is 5.36. The van der Waals surface area contributed by atoms with E-state index in [2.05, 4.69) is 92.9 Å². The molecule has 9 nitrogen and oxygen atoms in total. The Bertz CT molecular complexity index is 1580. The Balaban J connectivity index is 1.39. The fourth-order valence-corrected chi connectivity index (χ4v) is 6.29. The number of aromatic nitrogens is 1. The largest absolute Gasteiger partial charge is 0.494 e. The van der Waals surface area contributed by atoms with Crippen molar-refractivity contribution < 1.29 is 9.53 Å². The van der Waals surface area contributed by atoms with Gasteiger partial charge in [0.25, 0.3) is 0 Å². The molecule has 0 saturated carbocycles. The summed E-state index contributed by atoms with van der Waals surface area (Å²) in [6, 6.07) is 12.3. The van der Waals surface area contributed by atoms with Gasteiger partial charge < -0.3 is 35.1 Å². The Morgan fingerprint density at radius 3 is 2.75 bits per heavy atom. The van der Waals surface area contributed by atoms with Crippen molar-refractivity contribution in [2.45, 2.75) is 6.04 Å². The highest BCUT2D eigenvalue weighted by Gasteiger charge is 2.29. The van der Waals surface area contributed by atoms with E-state index < -0.39 is 0 Å². The van der Waals surface area contributed by atoms with Crippen molar-refractivity contribution in [2.75, 3.05) is 55.9 Å². The number of likely N-dealkylation sites (N-methyl/N-ethyl adjacent to an activating group) is 1. The van der Waals surface area contributed by atoms with Crippen molar-refractivity contribution in [1.29, 1.82) is 0 Å². The van der Waals surface area contributed by atoms with E-state index in [1.54, 1.807) is 18.9 Å². The summed E-state index contributed by atoms with van der Waals surface area (Å²) in [6.07, 6.45) is 5.57. The molecule has 0 bridgehead atoms. The zero-order valence-corrected chi connectivity index (χ0v) is 23.7. The summed E-state index contributed by atoms with van der Waals surface area (Å²) in [7, 11) is 5.83. The third-order valence-electron chi connectivity index (χ3n) is 7.51. The van der Waals surface area contributed by atoms with E-state index in [0.717, 1.165) is 54.0 Å². The SMILES string of the molecule is C=CC(=O)Nc1cc(NC2=NC(c3cn(C)c4ccccc34)=C3SC=CC3N2)c(OC)cc1N1CCN(C)CC1. The molecule has 206 valence electrons. The molecule has 4 heterocycles. The number of nitrogens with zero attached hydrogens (tertiary/aromatic N) is 4. The number of guanidine groups is 1. The monoisotopic (exact) mass is 555 g/mol. The van der Waals surface area contributed by atoms with Crippen molar-refractivity contribution in [1.82, 2.24) is 14.8 Å². The molecule has 1 fully saturated rings. The number of rotatable bonds is 6. The third-order valence-corrected chi connectivity index (χ3v) is 8.50. The lowest BCUT2D eigenvalue weighted by atomic mass is 10.1. The van der Waals surface area contributed by atoms with Crippen LogP contribution in [0.15, 0.2) is 76.6 Å². The van der Waals surface area contributed by atoms with E-state index in [1.807, 2.05) is 12.1 Å². The minimum absolute atomic E-state index is 0.00881. The molecule has 1 saturated heterocycles. The average Bonchev–Trinajstić information content (AvgIpc) is 3.58. The molecule has 0 spiro atoms. The number of thioether (sulfide) groups is 1. The van der Waals surface area contributed by atoms with Crippen molar-refractivity contribution in [3.8, 4) is 5.75 Å². The molecule has 1 unspecified atom stereocenters. The van der Waals surface area contributed by atoms with Gasteiger partial charge in [0, 0.05) is 66.9 Å². The fraction of sp³-hybridized carbons (Fsp3) is 0.267. The number of fused-ring (bicyclic) bond motifs is 2. The van der Waals surface area contributed by atoms with Gasteiger partial charge >= 0.3 is 0 Å². The summed E-state index contributed by atoms with van der Waals surface area (Å²) in [5, 5.41) is 13.2. The smallest absolute Gasteiger partial charge is 0.247 e. The van der Waals surface area contributed by atoms with Gasteiger partial charge in [-0.05, 0) is 30.7 Å². The number of hydrogen-bond acceptors (Lipinski definition) is 8. The number of methoxy groups -OCH3 is 1. The van der Waals surface area contributed by atoms with Crippen molar-refractivity contribution in [2.24, 2.45) is 12.0 Å². The number of amides is 1. The second-order valence-corrected chi connectivity index (χ2v) is 11.0. The van der Waals surface area contributed by atoms with Crippen molar-refractivity contribution in [3.63, 3.8) is 0 Å². The summed E-state index contributed by atoms with van der Waals surface area (Å²) in [6.45, 7) is 7.22. The molecule has 3 aliphatic rings. The zero-order chi connectivity index (χ0) is 27.8. The molecule has 1 aromatic heterocycles. The summed E-state index contributed by atoms with van der Waals surface area (Å²) in [5.74, 6) is 1.00. The highest BCUT2D eigenvalue weighted by Crippen LogP contribution is 2.42. The number of piperazine rings is 1. The van der Waals surface area contributed by atoms with Crippen molar-refractivity contribution in [3.05, 3.63) is 77.2 Å². The van der Waals surface area contributed by atoms with Crippen LogP contribution in [0.25, 0.3) is 16.6 Å². The van der Waals surface area contributed by atoms with Crippen LogP contribution in [-0.2, 0) is 11.8 Å². The van der Waals surface area contributed by atoms with Gasteiger partial charge in [-0.3, -0.25) is 4.79 Å². The van der Waals surface area contributed by atoms with Crippen LogP contribution >= 0.6 is 11.8 Å². The Morgan fingerprint density at radius 1 is 1.18 bits per heavy atom. The Kier molecular flexibility index (Phi) is 7.03. The normalized spacial score (nSPS) is 18.8. The van der Waals surface area contributed by atoms with E-state index in [0.29, 0.717) is 23.1 Å². The van der Waals surface area contributed by atoms with Gasteiger partial charge in [0.15, 0.2) is 0 Å². The number of para-hydroxylation sites is 1. The minimum atomic E-state index is -0.265. The van der Waals surface area contributed by atoms with E-state index in [1.165, 1.54) is 11.0 Å². The zero-order valence-electron chi connectivity index (χ0n) is 22.9. The van der Waals surface area contributed by atoms with E-state index in [4.69, 9.17) is 9.73 Å². The summed E-state index contributed by atoms with van der Waals surface area (Å²) < 4.78 is 7.97. The molecule has 6 rings (SSSR count). The molecule has 40 heavy (non-hydrogen) atoms. The molecular weight excluding hydrogens is 522 g/mol. The first-order valence-corrected chi connectivity index (χ1v) is 14.2.